The molecule has 7 nitrogen and oxygen atoms in total. The van der Waals surface area contributed by atoms with Gasteiger partial charge in [-0.15, -0.1) is 12.4 Å². The van der Waals surface area contributed by atoms with Gasteiger partial charge in [-0.3, -0.25) is 9.59 Å². The van der Waals surface area contributed by atoms with Crippen LogP contribution in [0.1, 0.15) is 30.4 Å². The highest BCUT2D eigenvalue weighted by Crippen LogP contribution is 2.34. The Kier molecular flexibility index (Phi) is 8.01. The fourth-order valence-corrected chi connectivity index (χ4v) is 3.49. The Morgan fingerprint density at radius 2 is 1.79 bits per heavy atom. The molecule has 1 aromatic carbocycles. The van der Waals surface area contributed by atoms with Crippen molar-refractivity contribution in [2.45, 2.75) is 45.1 Å². The third kappa shape index (κ3) is 5.96. The lowest BCUT2D eigenvalue weighted by Gasteiger charge is -2.30. The molecule has 2 aromatic rings. The van der Waals surface area contributed by atoms with Crippen LogP contribution in [0.3, 0.4) is 0 Å². The number of nitrogens with zero attached hydrogens (tertiary/aromatic N) is 3. The van der Waals surface area contributed by atoms with Gasteiger partial charge in [-0.1, -0.05) is 0 Å². The summed E-state index contributed by atoms with van der Waals surface area (Å²) in [6.07, 6.45) is -5.32. The number of nitrogens with two attached hydrogens (primary N) is 1. The monoisotopic (exact) mass is 499 g/mol. The van der Waals surface area contributed by atoms with E-state index in [1.165, 1.54) is 4.90 Å². The van der Waals surface area contributed by atoms with E-state index in [-0.39, 0.29) is 62.0 Å². The van der Waals surface area contributed by atoms with Crippen LogP contribution in [-0.2, 0) is 35.3 Å². The summed E-state index contributed by atoms with van der Waals surface area (Å²) in [6, 6.07) is 0.0915. The number of rotatable bonds is 5. The van der Waals surface area contributed by atoms with E-state index in [1.807, 2.05) is 0 Å². The van der Waals surface area contributed by atoms with Gasteiger partial charge in [0.15, 0.2) is 17.5 Å². The number of alkyl halides is 3. The normalized spacial score (nSPS) is 14.4. The molecule has 33 heavy (non-hydrogen) atoms. The van der Waals surface area contributed by atoms with Crippen LogP contribution in [0.5, 0.6) is 0 Å². The molecule has 0 saturated heterocycles. The summed E-state index contributed by atoms with van der Waals surface area (Å²) < 4.78 is 80.9. The highest BCUT2D eigenvalue weighted by atomic mass is 35.5. The molecular formula is C19H20ClF6N5O2. The van der Waals surface area contributed by atoms with Crippen LogP contribution >= 0.6 is 12.4 Å². The number of carbonyl (C=O) groups excluding carboxylic acids is 2. The van der Waals surface area contributed by atoms with Crippen LogP contribution in [0.15, 0.2) is 12.1 Å². The zero-order chi connectivity index (χ0) is 23.8. The summed E-state index contributed by atoms with van der Waals surface area (Å²) in [5.74, 6) is -6.25. The van der Waals surface area contributed by atoms with Crippen molar-refractivity contribution < 1.29 is 35.9 Å². The van der Waals surface area contributed by atoms with Crippen LogP contribution in [0, 0.1) is 17.5 Å². The second-order valence-corrected chi connectivity index (χ2v) is 7.40. The van der Waals surface area contributed by atoms with Crippen molar-refractivity contribution in [2.24, 2.45) is 5.73 Å². The van der Waals surface area contributed by atoms with Gasteiger partial charge in [-0.2, -0.15) is 13.2 Å². The molecule has 0 aliphatic carbocycles. The molecule has 0 fully saturated rings. The minimum Gasteiger partial charge on any atom is -0.335 e. The number of anilines is 1. The molecule has 1 aliphatic rings. The third-order valence-corrected chi connectivity index (χ3v) is 4.92. The SMILES string of the molecule is CC(=O)Nc1nc(C(F)(F)F)n2c1CN(C(=O)C[C@H](N)Cc1cc(F)c(F)cc1F)CC2.Cl. The first-order chi connectivity index (χ1) is 14.9. The van der Waals surface area contributed by atoms with Gasteiger partial charge >= 0.3 is 6.18 Å². The lowest BCUT2D eigenvalue weighted by Crippen LogP contribution is -2.42. The number of carbonyl (C=O) groups is 2. The van der Waals surface area contributed by atoms with Crippen LogP contribution in [0.25, 0.3) is 0 Å². The van der Waals surface area contributed by atoms with Crippen molar-refractivity contribution in [1.29, 1.82) is 0 Å². The molecule has 0 unspecified atom stereocenters. The molecule has 14 heteroatoms. The van der Waals surface area contributed by atoms with Crippen LogP contribution in [0.2, 0.25) is 0 Å². The van der Waals surface area contributed by atoms with E-state index >= 15 is 0 Å². The van der Waals surface area contributed by atoms with Crippen molar-refractivity contribution >= 4 is 30.0 Å². The Labute approximate surface area is 190 Å². The number of hydrogen-bond donors (Lipinski definition) is 2. The standard InChI is InChI=1S/C19H19F6N5O2.ClH/c1-9(31)27-17-15-8-29(2-3-30(15)18(28-17)19(23,24)25)16(32)6-11(26)4-10-5-13(21)14(22)7-12(10)20;/h5,7,11H,2-4,6,8,26H2,1H3,(H,27,31);1H/t11-;/m1./s1. The summed E-state index contributed by atoms with van der Waals surface area (Å²) in [5, 5.41) is 2.23. The van der Waals surface area contributed by atoms with Gasteiger partial charge in [-0.25, -0.2) is 18.2 Å². The van der Waals surface area contributed by atoms with Crippen LogP contribution in [0.4, 0.5) is 32.2 Å². The van der Waals surface area contributed by atoms with Gasteiger partial charge in [0.25, 0.3) is 0 Å². The minimum atomic E-state index is -4.76. The summed E-state index contributed by atoms with van der Waals surface area (Å²) >= 11 is 0. The number of nitrogens with one attached hydrogen (secondary N) is 1. The molecule has 2 amide bonds. The summed E-state index contributed by atoms with van der Waals surface area (Å²) in [7, 11) is 0. The molecule has 0 saturated carbocycles. The maximum absolute atomic E-state index is 13.8. The number of fused-ring (bicyclic) bond motifs is 1. The fraction of sp³-hybridized carbons (Fsp3) is 0.421. The van der Waals surface area contributed by atoms with E-state index in [9.17, 15) is 35.9 Å². The first-order valence-electron chi connectivity index (χ1n) is 9.47. The van der Waals surface area contributed by atoms with Crippen molar-refractivity contribution in [3.05, 3.63) is 46.7 Å². The van der Waals surface area contributed by atoms with E-state index < -0.39 is 47.3 Å². The number of imidazole rings is 1. The molecule has 1 aliphatic heterocycles. The van der Waals surface area contributed by atoms with Gasteiger partial charge in [-0.05, 0) is 18.1 Å². The fourth-order valence-electron chi connectivity index (χ4n) is 3.49. The average Bonchev–Trinajstić information content (AvgIpc) is 3.03. The van der Waals surface area contributed by atoms with Crippen LogP contribution < -0.4 is 11.1 Å². The van der Waals surface area contributed by atoms with Gasteiger partial charge < -0.3 is 20.5 Å². The predicted molar refractivity (Wildman–Crippen MR) is 107 cm³/mol. The molecule has 182 valence electrons. The number of hydrogen-bond acceptors (Lipinski definition) is 4. The Morgan fingerprint density at radius 1 is 1.15 bits per heavy atom. The first-order valence-corrected chi connectivity index (χ1v) is 9.47. The predicted octanol–water partition coefficient (Wildman–Crippen LogP) is 3.00. The van der Waals surface area contributed by atoms with Gasteiger partial charge in [0, 0.05) is 38.5 Å². The van der Waals surface area contributed by atoms with E-state index in [4.69, 9.17) is 5.73 Å². The second-order valence-electron chi connectivity index (χ2n) is 7.40. The molecule has 0 radical (unpaired) electrons. The Balaban J connectivity index is 0.00000385. The summed E-state index contributed by atoms with van der Waals surface area (Å²) in [5.41, 5.74) is 5.67. The first kappa shape index (κ1) is 26.5. The molecule has 1 atom stereocenters. The maximum Gasteiger partial charge on any atom is 0.449 e. The zero-order valence-electron chi connectivity index (χ0n) is 17.2. The topological polar surface area (TPSA) is 93.2 Å². The van der Waals surface area contributed by atoms with Crippen molar-refractivity contribution in [3.8, 4) is 0 Å². The van der Waals surface area contributed by atoms with Gasteiger partial charge in [0.2, 0.25) is 17.6 Å². The van der Waals surface area contributed by atoms with E-state index in [2.05, 4.69) is 10.3 Å². The highest BCUT2D eigenvalue weighted by molar-refractivity contribution is 5.88. The largest absolute Gasteiger partial charge is 0.449 e. The second kappa shape index (κ2) is 10.00. The smallest absolute Gasteiger partial charge is 0.335 e. The van der Waals surface area contributed by atoms with Crippen LogP contribution in [-0.4, -0.2) is 38.9 Å². The lowest BCUT2D eigenvalue weighted by atomic mass is 10.0. The highest BCUT2D eigenvalue weighted by Gasteiger charge is 2.40. The van der Waals surface area contributed by atoms with Crippen molar-refractivity contribution in [2.75, 3.05) is 11.9 Å². The Morgan fingerprint density at radius 3 is 2.39 bits per heavy atom. The number of benzene rings is 1. The molecule has 1 aromatic heterocycles. The molecular weight excluding hydrogens is 480 g/mol. The number of aromatic nitrogens is 2. The van der Waals surface area contributed by atoms with Crippen molar-refractivity contribution in [3.63, 3.8) is 0 Å². The number of halogens is 7. The van der Waals surface area contributed by atoms with E-state index in [0.29, 0.717) is 12.1 Å². The summed E-state index contributed by atoms with van der Waals surface area (Å²) in [4.78, 5) is 28.7. The third-order valence-electron chi connectivity index (χ3n) is 4.92. The van der Waals surface area contributed by atoms with Gasteiger partial charge in [0.1, 0.15) is 5.82 Å². The lowest BCUT2D eigenvalue weighted by molar-refractivity contribution is -0.148. The van der Waals surface area contributed by atoms with Gasteiger partial charge in [0.05, 0.1) is 12.2 Å². The van der Waals surface area contributed by atoms with E-state index in [1.54, 1.807) is 0 Å². The minimum absolute atomic E-state index is 0. The molecule has 0 bridgehead atoms. The van der Waals surface area contributed by atoms with Crippen molar-refractivity contribution in [1.82, 2.24) is 14.5 Å². The molecule has 2 heterocycles. The molecule has 3 N–H and O–H groups in total. The molecule has 3 rings (SSSR count). The Bertz CT molecular complexity index is 1060. The quantitative estimate of drug-likeness (QED) is 0.488. The number of amides is 2. The average molecular weight is 500 g/mol. The van der Waals surface area contributed by atoms with E-state index in [0.717, 1.165) is 11.5 Å². The maximum atomic E-state index is 13.8. The Hall–Kier alpha value is -2.80. The zero-order valence-corrected chi connectivity index (χ0v) is 18.0. The summed E-state index contributed by atoms with van der Waals surface area (Å²) in [6.45, 7) is 0.567. The molecule has 0 spiro atoms.